The number of aromatic amines is 1. The van der Waals surface area contributed by atoms with Gasteiger partial charge in [0.2, 0.25) is 0 Å². The third kappa shape index (κ3) is 2.97. The van der Waals surface area contributed by atoms with Crippen molar-refractivity contribution in [1.82, 2.24) is 10.2 Å². The van der Waals surface area contributed by atoms with Crippen molar-refractivity contribution < 1.29 is 4.79 Å². The lowest BCUT2D eigenvalue weighted by molar-refractivity contribution is 0.102. The zero-order valence-electron chi connectivity index (χ0n) is 14.7. The van der Waals surface area contributed by atoms with E-state index >= 15 is 0 Å². The molecule has 0 aliphatic heterocycles. The topological polar surface area (TPSA) is 57.8 Å². The van der Waals surface area contributed by atoms with Crippen molar-refractivity contribution >= 4 is 22.4 Å². The minimum absolute atomic E-state index is 0.198. The summed E-state index contributed by atoms with van der Waals surface area (Å²) in [7, 11) is 0. The molecule has 1 amide bonds. The molecule has 0 saturated heterocycles. The van der Waals surface area contributed by atoms with Crippen LogP contribution in [0.25, 0.3) is 22.0 Å². The average molecular weight is 341 g/mol. The maximum absolute atomic E-state index is 12.6. The average Bonchev–Trinajstić information content (AvgIpc) is 3.13. The highest BCUT2D eigenvalue weighted by atomic mass is 16.1. The van der Waals surface area contributed by atoms with Gasteiger partial charge in [0.05, 0.1) is 5.69 Å². The predicted molar refractivity (Wildman–Crippen MR) is 105 cm³/mol. The molecule has 4 rings (SSSR count). The fourth-order valence-electron chi connectivity index (χ4n) is 3.17. The standard InChI is InChI=1S/C22H19N3O/c1-14-10-11-19(15(2)12-14)23-22(26)21-13-20(24-25-21)18-9-5-7-16-6-3-4-8-17(16)18/h3-13H,1-2H3,(H,23,26)(H,24,25). The first kappa shape index (κ1) is 16.1. The largest absolute Gasteiger partial charge is 0.320 e. The van der Waals surface area contributed by atoms with E-state index in [-0.39, 0.29) is 5.91 Å². The van der Waals surface area contributed by atoms with Gasteiger partial charge in [0.1, 0.15) is 5.69 Å². The van der Waals surface area contributed by atoms with E-state index in [1.807, 2.05) is 56.3 Å². The molecule has 1 heterocycles. The normalized spacial score (nSPS) is 10.8. The number of hydrogen-bond acceptors (Lipinski definition) is 2. The smallest absolute Gasteiger partial charge is 0.273 e. The van der Waals surface area contributed by atoms with Crippen molar-refractivity contribution in [2.45, 2.75) is 13.8 Å². The van der Waals surface area contributed by atoms with Gasteiger partial charge in [-0.25, -0.2) is 0 Å². The summed E-state index contributed by atoms with van der Waals surface area (Å²) in [6, 6.07) is 22.0. The van der Waals surface area contributed by atoms with Crippen molar-refractivity contribution in [2.24, 2.45) is 0 Å². The minimum atomic E-state index is -0.198. The number of fused-ring (bicyclic) bond motifs is 1. The Hall–Kier alpha value is -3.40. The molecule has 0 unspecified atom stereocenters. The van der Waals surface area contributed by atoms with Gasteiger partial charge in [-0.3, -0.25) is 9.89 Å². The number of H-pyrrole nitrogens is 1. The summed E-state index contributed by atoms with van der Waals surface area (Å²) in [5.74, 6) is -0.198. The number of aryl methyl sites for hydroxylation is 2. The van der Waals surface area contributed by atoms with Gasteiger partial charge in [-0.1, -0.05) is 60.2 Å². The van der Waals surface area contributed by atoms with E-state index in [2.05, 4.69) is 33.7 Å². The molecular formula is C22H19N3O. The van der Waals surface area contributed by atoms with Crippen LogP contribution in [0, 0.1) is 13.8 Å². The van der Waals surface area contributed by atoms with Gasteiger partial charge in [0.25, 0.3) is 5.91 Å². The number of nitrogens with one attached hydrogen (secondary N) is 2. The number of anilines is 1. The molecule has 2 N–H and O–H groups in total. The van der Waals surface area contributed by atoms with Crippen molar-refractivity contribution in [3.63, 3.8) is 0 Å². The van der Waals surface area contributed by atoms with Crippen LogP contribution in [-0.2, 0) is 0 Å². The van der Waals surface area contributed by atoms with Crippen molar-refractivity contribution in [1.29, 1.82) is 0 Å². The van der Waals surface area contributed by atoms with E-state index in [1.54, 1.807) is 6.07 Å². The molecule has 1 aromatic heterocycles. The first-order valence-electron chi connectivity index (χ1n) is 8.54. The minimum Gasteiger partial charge on any atom is -0.320 e. The third-order valence-electron chi connectivity index (χ3n) is 4.52. The molecule has 26 heavy (non-hydrogen) atoms. The van der Waals surface area contributed by atoms with E-state index in [4.69, 9.17) is 0 Å². The second-order valence-electron chi connectivity index (χ2n) is 6.47. The Morgan fingerprint density at radius 3 is 2.62 bits per heavy atom. The Balaban J connectivity index is 1.64. The molecule has 3 aromatic carbocycles. The Labute approximate surface area is 151 Å². The van der Waals surface area contributed by atoms with Crippen molar-refractivity contribution in [3.8, 4) is 11.3 Å². The van der Waals surface area contributed by atoms with Crippen LogP contribution in [0.2, 0.25) is 0 Å². The van der Waals surface area contributed by atoms with Crippen molar-refractivity contribution in [3.05, 3.63) is 83.6 Å². The molecule has 0 saturated carbocycles. The molecule has 0 spiro atoms. The van der Waals surface area contributed by atoms with Crippen LogP contribution in [0.15, 0.2) is 66.7 Å². The van der Waals surface area contributed by atoms with Crippen LogP contribution in [0.5, 0.6) is 0 Å². The summed E-state index contributed by atoms with van der Waals surface area (Å²) < 4.78 is 0. The van der Waals surface area contributed by atoms with E-state index < -0.39 is 0 Å². The number of amides is 1. The van der Waals surface area contributed by atoms with E-state index in [9.17, 15) is 4.79 Å². The van der Waals surface area contributed by atoms with Gasteiger partial charge in [-0.15, -0.1) is 0 Å². The fourth-order valence-corrected chi connectivity index (χ4v) is 3.17. The number of aromatic nitrogens is 2. The van der Waals surface area contributed by atoms with E-state index in [0.29, 0.717) is 5.69 Å². The van der Waals surface area contributed by atoms with E-state index in [1.165, 1.54) is 5.56 Å². The monoisotopic (exact) mass is 341 g/mol. The summed E-state index contributed by atoms with van der Waals surface area (Å²) in [6.07, 6.45) is 0. The number of benzene rings is 3. The Morgan fingerprint density at radius 1 is 0.962 bits per heavy atom. The number of carbonyl (C=O) groups is 1. The van der Waals surface area contributed by atoms with Gasteiger partial charge in [-0.05, 0) is 42.3 Å². The number of rotatable bonds is 3. The molecule has 0 aliphatic carbocycles. The Kier molecular flexibility index (Phi) is 4.01. The molecule has 4 nitrogen and oxygen atoms in total. The van der Waals surface area contributed by atoms with E-state index in [0.717, 1.165) is 33.3 Å². The lowest BCUT2D eigenvalue weighted by Crippen LogP contribution is -2.13. The quantitative estimate of drug-likeness (QED) is 0.545. The molecule has 0 aliphatic rings. The predicted octanol–water partition coefficient (Wildman–Crippen LogP) is 5.10. The number of nitrogens with zero attached hydrogens (tertiary/aromatic N) is 1. The van der Waals surface area contributed by atoms with Gasteiger partial charge in [-0.2, -0.15) is 5.10 Å². The van der Waals surface area contributed by atoms with Gasteiger partial charge < -0.3 is 5.32 Å². The fraction of sp³-hybridized carbons (Fsp3) is 0.0909. The highest BCUT2D eigenvalue weighted by molar-refractivity contribution is 6.04. The third-order valence-corrected chi connectivity index (χ3v) is 4.52. The van der Waals surface area contributed by atoms with Gasteiger partial charge in [0.15, 0.2) is 0 Å². The van der Waals surface area contributed by atoms with Gasteiger partial charge >= 0.3 is 0 Å². The van der Waals surface area contributed by atoms with Crippen molar-refractivity contribution in [2.75, 3.05) is 5.32 Å². The number of carbonyl (C=O) groups excluding carboxylic acids is 1. The first-order chi connectivity index (χ1) is 12.6. The SMILES string of the molecule is Cc1ccc(NC(=O)c2cc(-c3cccc4ccccc34)n[nH]2)c(C)c1. The number of hydrogen-bond donors (Lipinski definition) is 2. The molecule has 0 bridgehead atoms. The molecular weight excluding hydrogens is 322 g/mol. The maximum Gasteiger partial charge on any atom is 0.273 e. The highest BCUT2D eigenvalue weighted by Gasteiger charge is 2.13. The maximum atomic E-state index is 12.6. The zero-order chi connectivity index (χ0) is 18.1. The molecule has 0 fully saturated rings. The van der Waals surface area contributed by atoms with Crippen LogP contribution in [-0.4, -0.2) is 16.1 Å². The molecule has 0 atom stereocenters. The summed E-state index contributed by atoms with van der Waals surface area (Å²) >= 11 is 0. The van der Waals surface area contributed by atoms with Crippen LogP contribution >= 0.6 is 0 Å². The Morgan fingerprint density at radius 2 is 1.77 bits per heavy atom. The van der Waals surface area contributed by atoms with Crippen LogP contribution in [0.4, 0.5) is 5.69 Å². The molecule has 4 aromatic rings. The highest BCUT2D eigenvalue weighted by Crippen LogP contribution is 2.27. The van der Waals surface area contributed by atoms with Gasteiger partial charge in [0, 0.05) is 11.3 Å². The summed E-state index contributed by atoms with van der Waals surface area (Å²) in [4.78, 5) is 12.6. The Bertz CT molecular complexity index is 1110. The summed E-state index contributed by atoms with van der Waals surface area (Å²) in [5, 5.41) is 12.4. The zero-order valence-corrected chi connectivity index (χ0v) is 14.7. The van der Waals surface area contributed by atoms with Crippen LogP contribution in [0.1, 0.15) is 21.6 Å². The summed E-state index contributed by atoms with van der Waals surface area (Å²) in [6.45, 7) is 4.01. The lowest BCUT2D eigenvalue weighted by Gasteiger charge is -2.07. The lowest BCUT2D eigenvalue weighted by atomic mass is 10.0. The van der Waals surface area contributed by atoms with Crippen LogP contribution < -0.4 is 5.32 Å². The first-order valence-corrected chi connectivity index (χ1v) is 8.54. The molecule has 0 radical (unpaired) electrons. The second-order valence-corrected chi connectivity index (χ2v) is 6.47. The molecule has 4 heteroatoms. The second kappa shape index (κ2) is 6.48. The summed E-state index contributed by atoms with van der Waals surface area (Å²) in [5.41, 5.74) is 5.21. The molecule has 128 valence electrons. The van der Waals surface area contributed by atoms with Crippen LogP contribution in [0.3, 0.4) is 0 Å².